The Bertz CT molecular complexity index is 656. The molecule has 2 aromatic rings. The quantitative estimate of drug-likeness (QED) is 0.765. The van der Waals surface area contributed by atoms with Gasteiger partial charge in [-0.25, -0.2) is 9.78 Å². The first kappa shape index (κ1) is 14.3. The summed E-state index contributed by atoms with van der Waals surface area (Å²) in [5, 5.41) is 11.2. The number of ether oxygens (including phenoxy) is 1. The van der Waals surface area contributed by atoms with Gasteiger partial charge in [0.1, 0.15) is 11.4 Å². The average molecular weight is 287 g/mol. The number of pyridine rings is 1. The SMILES string of the molecule is Nc1ccc(C(=O)Nc2cccc(OCC(=O)O)c2)nc1. The first-order valence-corrected chi connectivity index (χ1v) is 6.02. The minimum absolute atomic E-state index is 0.223. The normalized spacial score (nSPS) is 9.90. The van der Waals surface area contributed by atoms with Gasteiger partial charge in [0, 0.05) is 11.8 Å². The van der Waals surface area contributed by atoms with Crippen molar-refractivity contribution in [3.63, 3.8) is 0 Å². The molecule has 0 saturated carbocycles. The lowest BCUT2D eigenvalue weighted by Crippen LogP contribution is -2.14. The van der Waals surface area contributed by atoms with E-state index in [2.05, 4.69) is 10.3 Å². The molecule has 0 atom stereocenters. The van der Waals surface area contributed by atoms with E-state index < -0.39 is 18.5 Å². The van der Waals surface area contributed by atoms with Crippen molar-refractivity contribution in [3.8, 4) is 5.75 Å². The van der Waals surface area contributed by atoms with E-state index >= 15 is 0 Å². The topological polar surface area (TPSA) is 115 Å². The molecule has 1 aromatic heterocycles. The Morgan fingerprint density at radius 2 is 2.10 bits per heavy atom. The molecular formula is C14H13N3O4. The molecule has 7 nitrogen and oxygen atoms in total. The van der Waals surface area contributed by atoms with Gasteiger partial charge in [-0.1, -0.05) is 6.07 Å². The average Bonchev–Trinajstić information content (AvgIpc) is 2.46. The van der Waals surface area contributed by atoms with Gasteiger partial charge in [0.2, 0.25) is 0 Å². The molecule has 2 rings (SSSR count). The van der Waals surface area contributed by atoms with E-state index in [0.717, 1.165) is 0 Å². The molecule has 108 valence electrons. The number of carboxylic acid groups (broad SMARTS) is 1. The lowest BCUT2D eigenvalue weighted by atomic mass is 10.2. The van der Waals surface area contributed by atoms with Crippen LogP contribution in [0.15, 0.2) is 42.6 Å². The third-order valence-corrected chi connectivity index (χ3v) is 2.47. The van der Waals surface area contributed by atoms with Gasteiger partial charge < -0.3 is 20.9 Å². The van der Waals surface area contributed by atoms with Crippen molar-refractivity contribution in [2.45, 2.75) is 0 Å². The van der Waals surface area contributed by atoms with Gasteiger partial charge in [-0.05, 0) is 24.3 Å². The van der Waals surface area contributed by atoms with Crippen molar-refractivity contribution in [1.82, 2.24) is 4.98 Å². The number of hydrogen-bond acceptors (Lipinski definition) is 5. The molecule has 21 heavy (non-hydrogen) atoms. The third-order valence-electron chi connectivity index (χ3n) is 2.47. The Morgan fingerprint density at radius 3 is 2.76 bits per heavy atom. The third kappa shape index (κ3) is 4.20. The second-order valence-corrected chi connectivity index (χ2v) is 4.14. The van der Waals surface area contributed by atoms with E-state index in [1.54, 1.807) is 24.3 Å². The van der Waals surface area contributed by atoms with Crippen LogP contribution in [-0.4, -0.2) is 28.6 Å². The van der Waals surface area contributed by atoms with Gasteiger partial charge in [0.25, 0.3) is 5.91 Å². The molecule has 0 aliphatic rings. The molecule has 0 spiro atoms. The van der Waals surface area contributed by atoms with E-state index in [4.69, 9.17) is 15.6 Å². The molecule has 0 radical (unpaired) electrons. The van der Waals surface area contributed by atoms with Crippen molar-refractivity contribution >= 4 is 23.3 Å². The van der Waals surface area contributed by atoms with Crippen molar-refractivity contribution < 1.29 is 19.4 Å². The lowest BCUT2D eigenvalue weighted by molar-refractivity contribution is -0.139. The number of carbonyl (C=O) groups excluding carboxylic acids is 1. The van der Waals surface area contributed by atoms with Crippen LogP contribution < -0.4 is 15.8 Å². The summed E-state index contributed by atoms with van der Waals surface area (Å²) < 4.78 is 5.03. The van der Waals surface area contributed by atoms with Gasteiger partial charge >= 0.3 is 5.97 Å². The van der Waals surface area contributed by atoms with Crippen LogP contribution >= 0.6 is 0 Å². The van der Waals surface area contributed by atoms with Gasteiger partial charge in [-0.2, -0.15) is 0 Å². The number of anilines is 2. The second kappa shape index (κ2) is 6.38. The number of rotatable bonds is 5. The van der Waals surface area contributed by atoms with Crippen LogP contribution in [0.5, 0.6) is 5.75 Å². The summed E-state index contributed by atoms with van der Waals surface area (Å²) in [5.41, 5.74) is 6.66. The summed E-state index contributed by atoms with van der Waals surface area (Å²) in [6.45, 7) is -0.448. The molecule has 1 aromatic carbocycles. The van der Waals surface area contributed by atoms with E-state index in [0.29, 0.717) is 17.1 Å². The number of benzene rings is 1. The summed E-state index contributed by atoms with van der Waals surface area (Å²) in [5.74, 6) is -1.12. The smallest absolute Gasteiger partial charge is 0.341 e. The lowest BCUT2D eigenvalue weighted by Gasteiger charge is -2.07. The largest absolute Gasteiger partial charge is 0.482 e. The molecule has 0 aliphatic carbocycles. The number of nitrogen functional groups attached to an aromatic ring is 1. The zero-order valence-electron chi connectivity index (χ0n) is 10.9. The maximum Gasteiger partial charge on any atom is 0.341 e. The Hall–Kier alpha value is -3.09. The molecule has 1 heterocycles. The number of nitrogens with two attached hydrogens (primary N) is 1. The fraction of sp³-hybridized carbons (Fsp3) is 0.0714. The number of nitrogens with one attached hydrogen (secondary N) is 1. The standard InChI is InChI=1S/C14H13N3O4/c15-9-4-5-12(16-7-9)14(20)17-10-2-1-3-11(6-10)21-8-13(18)19/h1-7H,8,15H2,(H,17,20)(H,18,19). The Balaban J connectivity index is 2.05. The predicted octanol–water partition coefficient (Wildman–Crippen LogP) is 1.38. The van der Waals surface area contributed by atoms with E-state index in [1.807, 2.05) is 0 Å². The number of amides is 1. The fourth-order valence-electron chi connectivity index (χ4n) is 1.54. The monoisotopic (exact) mass is 287 g/mol. The number of aliphatic carboxylic acids is 1. The van der Waals surface area contributed by atoms with Crippen molar-refractivity contribution in [3.05, 3.63) is 48.3 Å². The number of carbonyl (C=O) groups is 2. The van der Waals surface area contributed by atoms with Gasteiger partial charge in [0.15, 0.2) is 6.61 Å². The Labute approximate surface area is 120 Å². The van der Waals surface area contributed by atoms with Crippen LogP contribution in [0.2, 0.25) is 0 Å². The highest BCUT2D eigenvalue weighted by Gasteiger charge is 2.08. The minimum Gasteiger partial charge on any atom is -0.482 e. The number of carboxylic acids is 1. The zero-order valence-corrected chi connectivity index (χ0v) is 10.9. The Kier molecular flexibility index (Phi) is 4.35. The fourth-order valence-corrected chi connectivity index (χ4v) is 1.54. The molecule has 0 fully saturated rings. The zero-order chi connectivity index (χ0) is 15.2. The van der Waals surface area contributed by atoms with Crippen molar-refractivity contribution in [2.75, 3.05) is 17.7 Å². The first-order chi connectivity index (χ1) is 10.0. The number of nitrogens with zero attached hydrogens (tertiary/aromatic N) is 1. The van der Waals surface area contributed by atoms with Crippen LogP contribution in [0.4, 0.5) is 11.4 Å². The maximum atomic E-state index is 12.0. The summed E-state index contributed by atoms with van der Waals surface area (Å²) in [4.78, 5) is 26.3. The van der Waals surface area contributed by atoms with Gasteiger partial charge in [-0.3, -0.25) is 4.79 Å². The molecule has 7 heteroatoms. The summed E-state index contributed by atoms with van der Waals surface area (Å²) in [7, 11) is 0. The second-order valence-electron chi connectivity index (χ2n) is 4.14. The molecular weight excluding hydrogens is 274 g/mol. The number of hydrogen-bond donors (Lipinski definition) is 3. The predicted molar refractivity (Wildman–Crippen MR) is 76.2 cm³/mol. The van der Waals surface area contributed by atoms with Crippen molar-refractivity contribution in [1.29, 1.82) is 0 Å². The van der Waals surface area contributed by atoms with E-state index in [1.165, 1.54) is 18.3 Å². The summed E-state index contributed by atoms with van der Waals surface area (Å²) in [6.07, 6.45) is 1.39. The maximum absolute atomic E-state index is 12.0. The van der Waals surface area contributed by atoms with Crippen molar-refractivity contribution in [2.24, 2.45) is 0 Å². The van der Waals surface area contributed by atoms with Crippen LogP contribution in [0, 0.1) is 0 Å². The molecule has 1 amide bonds. The molecule has 0 bridgehead atoms. The van der Waals surface area contributed by atoms with Gasteiger partial charge in [-0.15, -0.1) is 0 Å². The molecule has 0 saturated heterocycles. The van der Waals surface area contributed by atoms with E-state index in [-0.39, 0.29) is 5.69 Å². The summed E-state index contributed by atoms with van der Waals surface area (Å²) >= 11 is 0. The van der Waals surface area contributed by atoms with Gasteiger partial charge in [0.05, 0.1) is 11.9 Å². The highest BCUT2D eigenvalue weighted by molar-refractivity contribution is 6.03. The first-order valence-electron chi connectivity index (χ1n) is 6.02. The highest BCUT2D eigenvalue weighted by atomic mass is 16.5. The highest BCUT2D eigenvalue weighted by Crippen LogP contribution is 2.18. The van der Waals surface area contributed by atoms with E-state index in [9.17, 15) is 9.59 Å². The van der Waals surface area contributed by atoms with Crippen LogP contribution in [0.1, 0.15) is 10.5 Å². The van der Waals surface area contributed by atoms with Crippen LogP contribution in [-0.2, 0) is 4.79 Å². The van der Waals surface area contributed by atoms with Crippen LogP contribution in [0.25, 0.3) is 0 Å². The molecule has 0 unspecified atom stereocenters. The minimum atomic E-state index is -1.07. The van der Waals surface area contributed by atoms with Crippen LogP contribution in [0.3, 0.4) is 0 Å². The molecule has 4 N–H and O–H groups in total. The number of aromatic nitrogens is 1. The Morgan fingerprint density at radius 1 is 1.29 bits per heavy atom. The molecule has 0 aliphatic heterocycles. The summed E-state index contributed by atoms with van der Waals surface area (Å²) in [6, 6.07) is 9.51.